The quantitative estimate of drug-likeness (QED) is 0.735. The first-order valence-corrected chi connectivity index (χ1v) is 9.42. The van der Waals surface area contributed by atoms with Gasteiger partial charge >= 0.3 is 0 Å². The van der Waals surface area contributed by atoms with Crippen molar-refractivity contribution in [2.24, 2.45) is 5.92 Å². The van der Waals surface area contributed by atoms with Crippen molar-refractivity contribution < 1.29 is 14.3 Å². The van der Waals surface area contributed by atoms with Gasteiger partial charge in [0.25, 0.3) is 5.91 Å². The zero-order valence-electron chi connectivity index (χ0n) is 16.0. The molecule has 2 heterocycles. The molecule has 4 rings (SSSR count). The van der Waals surface area contributed by atoms with E-state index in [4.69, 9.17) is 9.47 Å². The van der Waals surface area contributed by atoms with Crippen molar-refractivity contribution in [3.05, 3.63) is 72.1 Å². The molecule has 0 fully saturated rings. The summed E-state index contributed by atoms with van der Waals surface area (Å²) >= 11 is 0. The van der Waals surface area contributed by atoms with Crippen LogP contribution in [0.3, 0.4) is 0 Å². The number of amides is 1. The minimum absolute atomic E-state index is 0.111. The summed E-state index contributed by atoms with van der Waals surface area (Å²) < 4.78 is 13.0. The Morgan fingerprint density at radius 3 is 2.50 bits per heavy atom. The summed E-state index contributed by atoms with van der Waals surface area (Å²) in [5.74, 6) is 1.58. The molecule has 0 aliphatic carbocycles. The second kappa shape index (κ2) is 7.76. The highest BCUT2D eigenvalue weighted by Gasteiger charge is 2.22. The third kappa shape index (κ3) is 3.71. The lowest BCUT2D eigenvalue weighted by Crippen LogP contribution is -2.32. The van der Waals surface area contributed by atoms with Gasteiger partial charge in [-0.2, -0.15) is 5.10 Å². The van der Waals surface area contributed by atoms with Crippen molar-refractivity contribution >= 4 is 5.91 Å². The number of ether oxygens (including phenoxy) is 2. The first-order valence-electron chi connectivity index (χ1n) is 9.42. The van der Waals surface area contributed by atoms with Gasteiger partial charge in [0.2, 0.25) is 0 Å². The summed E-state index contributed by atoms with van der Waals surface area (Å²) in [5.41, 5.74) is 2.52. The molecule has 1 atom stereocenters. The zero-order chi connectivity index (χ0) is 19.5. The lowest BCUT2D eigenvalue weighted by atomic mass is 9.95. The van der Waals surface area contributed by atoms with Crippen LogP contribution in [0.4, 0.5) is 0 Å². The Bertz CT molecular complexity index is 950. The molecule has 1 aromatic heterocycles. The standard InChI is InChI=1S/C22H23N3O3/c1-15(2)21(17-6-9-19-20(14-17)28-13-12-27-19)24-22(26)16-4-7-18(8-5-16)25-11-3-10-23-25/h3-11,14-15,21H,12-13H2,1-2H3,(H,24,26)/t21-/m1/s1. The van der Waals surface area contributed by atoms with Crippen LogP contribution >= 0.6 is 0 Å². The number of nitrogens with one attached hydrogen (secondary N) is 1. The molecule has 0 unspecified atom stereocenters. The topological polar surface area (TPSA) is 65.4 Å². The van der Waals surface area contributed by atoms with Gasteiger partial charge in [0.05, 0.1) is 11.7 Å². The molecule has 144 valence electrons. The summed E-state index contributed by atoms with van der Waals surface area (Å²) in [5, 5.41) is 7.35. The van der Waals surface area contributed by atoms with E-state index in [1.807, 2.05) is 54.7 Å². The van der Waals surface area contributed by atoms with Gasteiger partial charge < -0.3 is 14.8 Å². The molecule has 0 saturated carbocycles. The van der Waals surface area contributed by atoms with Crippen molar-refractivity contribution in [3.8, 4) is 17.2 Å². The van der Waals surface area contributed by atoms with Crippen molar-refractivity contribution in [2.75, 3.05) is 13.2 Å². The fourth-order valence-electron chi connectivity index (χ4n) is 3.30. The Balaban J connectivity index is 1.52. The maximum Gasteiger partial charge on any atom is 0.251 e. The van der Waals surface area contributed by atoms with Gasteiger partial charge in [-0.05, 0) is 53.9 Å². The molecule has 28 heavy (non-hydrogen) atoms. The van der Waals surface area contributed by atoms with Crippen LogP contribution in [0.15, 0.2) is 60.9 Å². The molecule has 1 aliphatic heterocycles. The molecule has 3 aromatic rings. The highest BCUT2D eigenvalue weighted by Crippen LogP contribution is 2.34. The van der Waals surface area contributed by atoms with E-state index in [2.05, 4.69) is 24.3 Å². The molecular formula is C22H23N3O3. The molecule has 0 radical (unpaired) electrons. The Labute approximate surface area is 164 Å². The lowest BCUT2D eigenvalue weighted by molar-refractivity contribution is 0.0925. The smallest absolute Gasteiger partial charge is 0.251 e. The SMILES string of the molecule is CC(C)[C@@H](NC(=O)c1ccc(-n2cccn2)cc1)c1ccc2c(c1)OCCO2. The van der Waals surface area contributed by atoms with Crippen molar-refractivity contribution in [1.82, 2.24) is 15.1 Å². The summed E-state index contributed by atoms with van der Waals surface area (Å²) in [7, 11) is 0. The fourth-order valence-corrected chi connectivity index (χ4v) is 3.30. The van der Waals surface area contributed by atoms with Crippen molar-refractivity contribution in [3.63, 3.8) is 0 Å². The number of nitrogens with zero attached hydrogens (tertiary/aromatic N) is 2. The molecular weight excluding hydrogens is 354 g/mol. The monoisotopic (exact) mass is 377 g/mol. The van der Waals surface area contributed by atoms with Crippen LogP contribution in [0.1, 0.15) is 35.8 Å². The van der Waals surface area contributed by atoms with Crippen LogP contribution in [0.25, 0.3) is 5.69 Å². The number of carbonyl (C=O) groups excluding carboxylic acids is 1. The van der Waals surface area contributed by atoms with E-state index < -0.39 is 0 Å². The van der Waals surface area contributed by atoms with E-state index in [-0.39, 0.29) is 17.9 Å². The number of rotatable bonds is 5. The minimum atomic E-state index is -0.130. The van der Waals surface area contributed by atoms with Crippen molar-refractivity contribution in [2.45, 2.75) is 19.9 Å². The first-order chi connectivity index (χ1) is 13.6. The average molecular weight is 377 g/mol. The van der Waals surface area contributed by atoms with Crippen LogP contribution in [0, 0.1) is 5.92 Å². The van der Waals surface area contributed by atoms with Gasteiger partial charge in [0, 0.05) is 18.0 Å². The Morgan fingerprint density at radius 2 is 1.82 bits per heavy atom. The summed E-state index contributed by atoms with van der Waals surface area (Å²) in [6.07, 6.45) is 3.59. The van der Waals surface area contributed by atoms with Crippen LogP contribution in [0.5, 0.6) is 11.5 Å². The second-order valence-corrected chi connectivity index (χ2v) is 7.10. The fraction of sp³-hybridized carbons (Fsp3) is 0.273. The summed E-state index contributed by atoms with van der Waals surface area (Å²) in [4.78, 5) is 12.8. The zero-order valence-corrected chi connectivity index (χ0v) is 16.0. The third-order valence-electron chi connectivity index (χ3n) is 4.78. The van der Waals surface area contributed by atoms with E-state index in [0.717, 1.165) is 22.7 Å². The second-order valence-electron chi connectivity index (χ2n) is 7.10. The maximum absolute atomic E-state index is 12.8. The van der Waals surface area contributed by atoms with Crippen LogP contribution in [-0.4, -0.2) is 28.9 Å². The first kappa shape index (κ1) is 18.1. The van der Waals surface area contributed by atoms with Gasteiger partial charge in [-0.25, -0.2) is 4.68 Å². The van der Waals surface area contributed by atoms with E-state index in [1.54, 1.807) is 10.9 Å². The van der Waals surface area contributed by atoms with E-state index in [0.29, 0.717) is 18.8 Å². The molecule has 0 saturated heterocycles. The van der Waals surface area contributed by atoms with Gasteiger partial charge in [-0.1, -0.05) is 19.9 Å². The maximum atomic E-state index is 12.8. The van der Waals surface area contributed by atoms with Crippen LogP contribution < -0.4 is 14.8 Å². The van der Waals surface area contributed by atoms with Crippen molar-refractivity contribution in [1.29, 1.82) is 0 Å². The third-order valence-corrected chi connectivity index (χ3v) is 4.78. The average Bonchev–Trinajstić information content (AvgIpc) is 3.26. The van der Waals surface area contributed by atoms with E-state index >= 15 is 0 Å². The largest absolute Gasteiger partial charge is 0.486 e. The number of benzene rings is 2. The van der Waals surface area contributed by atoms with Gasteiger partial charge in [-0.3, -0.25) is 4.79 Å². The minimum Gasteiger partial charge on any atom is -0.486 e. The number of fused-ring (bicyclic) bond motifs is 1. The van der Waals surface area contributed by atoms with Gasteiger partial charge in [-0.15, -0.1) is 0 Å². The van der Waals surface area contributed by atoms with E-state index in [9.17, 15) is 4.79 Å². The molecule has 0 spiro atoms. The normalized spacial score (nSPS) is 14.0. The number of carbonyl (C=O) groups is 1. The Kier molecular flexibility index (Phi) is 5.02. The highest BCUT2D eigenvalue weighted by molar-refractivity contribution is 5.94. The number of aromatic nitrogens is 2. The molecule has 1 aliphatic rings. The van der Waals surface area contributed by atoms with Gasteiger partial charge in [0.1, 0.15) is 13.2 Å². The molecule has 6 nitrogen and oxygen atoms in total. The molecule has 1 N–H and O–H groups in total. The molecule has 6 heteroatoms. The van der Waals surface area contributed by atoms with E-state index in [1.165, 1.54) is 0 Å². The molecule has 1 amide bonds. The Morgan fingerprint density at radius 1 is 1.07 bits per heavy atom. The molecule has 0 bridgehead atoms. The predicted octanol–water partition coefficient (Wildman–Crippen LogP) is 3.77. The van der Waals surface area contributed by atoms with Gasteiger partial charge in [0.15, 0.2) is 11.5 Å². The number of hydrogen-bond acceptors (Lipinski definition) is 4. The molecule has 2 aromatic carbocycles. The Hall–Kier alpha value is -3.28. The van der Waals surface area contributed by atoms with Crippen LogP contribution in [0.2, 0.25) is 0 Å². The van der Waals surface area contributed by atoms with Crippen LogP contribution in [-0.2, 0) is 0 Å². The lowest BCUT2D eigenvalue weighted by Gasteiger charge is -2.25. The summed E-state index contributed by atoms with van der Waals surface area (Å²) in [6, 6.07) is 15.0. The number of hydrogen-bond donors (Lipinski definition) is 1. The highest BCUT2D eigenvalue weighted by atomic mass is 16.6. The summed E-state index contributed by atoms with van der Waals surface area (Å²) in [6.45, 7) is 5.27. The predicted molar refractivity (Wildman–Crippen MR) is 106 cm³/mol.